The SMILES string of the molecule is CCCCOc1ccc(-c2cc(C(=O)NCC(CC)CCCC)c3ccccc3n2)cc1OC. The molecule has 1 N–H and O–H groups in total. The van der Waals surface area contributed by atoms with Crippen molar-refractivity contribution in [2.24, 2.45) is 5.92 Å². The van der Waals surface area contributed by atoms with Crippen LogP contribution in [0, 0.1) is 5.92 Å². The van der Waals surface area contributed by atoms with E-state index in [1.54, 1.807) is 7.11 Å². The summed E-state index contributed by atoms with van der Waals surface area (Å²) < 4.78 is 11.5. The van der Waals surface area contributed by atoms with Crippen LogP contribution in [0.2, 0.25) is 0 Å². The van der Waals surface area contributed by atoms with Gasteiger partial charge in [0.05, 0.1) is 30.5 Å². The molecule has 1 unspecified atom stereocenters. The third kappa shape index (κ3) is 6.49. The lowest BCUT2D eigenvalue weighted by atomic mass is 9.99. The van der Waals surface area contributed by atoms with Gasteiger partial charge in [-0.1, -0.05) is 64.7 Å². The van der Waals surface area contributed by atoms with Crippen molar-refractivity contribution in [2.45, 2.75) is 59.3 Å². The van der Waals surface area contributed by atoms with Gasteiger partial charge in [0.15, 0.2) is 11.5 Å². The van der Waals surface area contributed by atoms with Crippen molar-refractivity contribution in [1.29, 1.82) is 0 Å². The van der Waals surface area contributed by atoms with Crippen LogP contribution in [0.25, 0.3) is 22.2 Å². The Bertz CT molecular complexity index is 1080. The number of rotatable bonds is 13. The lowest BCUT2D eigenvalue weighted by Gasteiger charge is -2.16. The summed E-state index contributed by atoms with van der Waals surface area (Å²) in [6.45, 7) is 7.88. The highest BCUT2D eigenvalue weighted by Crippen LogP contribution is 2.33. The lowest BCUT2D eigenvalue weighted by molar-refractivity contribution is 0.0947. The van der Waals surface area contributed by atoms with Gasteiger partial charge in [-0.15, -0.1) is 0 Å². The Morgan fingerprint density at radius 2 is 1.79 bits per heavy atom. The third-order valence-corrected chi connectivity index (χ3v) is 6.27. The van der Waals surface area contributed by atoms with Gasteiger partial charge in [-0.25, -0.2) is 4.98 Å². The van der Waals surface area contributed by atoms with Gasteiger partial charge in [0, 0.05) is 17.5 Å². The van der Waals surface area contributed by atoms with Crippen molar-refractivity contribution in [3.8, 4) is 22.8 Å². The number of amides is 1. The normalized spacial score (nSPS) is 11.9. The molecule has 2 aromatic carbocycles. The maximum Gasteiger partial charge on any atom is 0.252 e. The minimum absolute atomic E-state index is 0.0544. The highest BCUT2D eigenvalue weighted by molar-refractivity contribution is 6.07. The smallest absolute Gasteiger partial charge is 0.252 e. The van der Waals surface area contributed by atoms with E-state index in [-0.39, 0.29) is 5.91 Å². The zero-order valence-corrected chi connectivity index (χ0v) is 21.0. The van der Waals surface area contributed by atoms with Crippen LogP contribution in [-0.4, -0.2) is 31.2 Å². The van der Waals surface area contributed by atoms with E-state index < -0.39 is 0 Å². The fraction of sp³-hybridized carbons (Fsp3) is 0.448. The van der Waals surface area contributed by atoms with Crippen LogP contribution in [0.3, 0.4) is 0 Å². The van der Waals surface area contributed by atoms with Gasteiger partial charge >= 0.3 is 0 Å². The molecule has 0 fully saturated rings. The number of unbranched alkanes of at least 4 members (excludes halogenated alkanes) is 2. The number of carbonyl (C=O) groups excluding carboxylic acids is 1. The maximum absolute atomic E-state index is 13.3. The molecule has 0 saturated carbocycles. The summed E-state index contributed by atoms with van der Waals surface area (Å²) in [6.07, 6.45) is 6.64. The van der Waals surface area contributed by atoms with Crippen molar-refractivity contribution < 1.29 is 14.3 Å². The van der Waals surface area contributed by atoms with E-state index in [4.69, 9.17) is 14.5 Å². The number of hydrogen-bond donors (Lipinski definition) is 1. The number of pyridine rings is 1. The molecule has 0 saturated heterocycles. The van der Waals surface area contributed by atoms with E-state index in [1.165, 1.54) is 12.8 Å². The molecule has 1 amide bonds. The molecule has 0 bridgehead atoms. The fourth-order valence-electron chi connectivity index (χ4n) is 4.06. The second kappa shape index (κ2) is 13.0. The molecular formula is C29H38N2O3. The second-order valence-electron chi connectivity index (χ2n) is 8.77. The summed E-state index contributed by atoms with van der Waals surface area (Å²) in [6, 6.07) is 15.5. The molecule has 0 aliphatic rings. The molecule has 0 spiro atoms. The average molecular weight is 463 g/mol. The number of para-hydroxylation sites is 1. The molecular weight excluding hydrogens is 424 g/mol. The Hall–Kier alpha value is -3.08. The first-order chi connectivity index (χ1) is 16.6. The largest absolute Gasteiger partial charge is 0.493 e. The molecule has 182 valence electrons. The van der Waals surface area contributed by atoms with Crippen LogP contribution in [0.15, 0.2) is 48.5 Å². The Labute approximate surface area is 203 Å². The zero-order chi connectivity index (χ0) is 24.3. The van der Waals surface area contributed by atoms with Crippen molar-refractivity contribution in [2.75, 3.05) is 20.3 Å². The van der Waals surface area contributed by atoms with Gasteiger partial charge in [-0.2, -0.15) is 0 Å². The second-order valence-corrected chi connectivity index (χ2v) is 8.77. The average Bonchev–Trinajstić information content (AvgIpc) is 2.88. The van der Waals surface area contributed by atoms with Crippen molar-refractivity contribution in [3.63, 3.8) is 0 Å². The quantitative estimate of drug-likeness (QED) is 0.277. The Balaban J connectivity index is 1.91. The topological polar surface area (TPSA) is 60.5 Å². The predicted octanol–water partition coefficient (Wildman–Crippen LogP) is 7.04. The van der Waals surface area contributed by atoms with E-state index in [2.05, 4.69) is 26.1 Å². The van der Waals surface area contributed by atoms with Crippen molar-refractivity contribution in [1.82, 2.24) is 10.3 Å². The summed E-state index contributed by atoms with van der Waals surface area (Å²) in [5, 5.41) is 4.04. The molecule has 1 atom stereocenters. The number of nitrogens with zero attached hydrogens (tertiary/aromatic N) is 1. The van der Waals surface area contributed by atoms with Crippen molar-refractivity contribution in [3.05, 3.63) is 54.1 Å². The van der Waals surface area contributed by atoms with E-state index in [9.17, 15) is 4.79 Å². The molecule has 5 nitrogen and oxygen atoms in total. The summed E-state index contributed by atoms with van der Waals surface area (Å²) in [7, 11) is 1.64. The van der Waals surface area contributed by atoms with Gasteiger partial charge in [0.25, 0.3) is 5.91 Å². The minimum atomic E-state index is -0.0544. The van der Waals surface area contributed by atoms with Gasteiger partial charge in [0.1, 0.15) is 0 Å². The van der Waals surface area contributed by atoms with Crippen molar-refractivity contribution >= 4 is 16.8 Å². The number of fused-ring (bicyclic) bond motifs is 1. The summed E-state index contributed by atoms with van der Waals surface area (Å²) in [4.78, 5) is 18.1. The number of hydrogen-bond acceptors (Lipinski definition) is 4. The number of ether oxygens (including phenoxy) is 2. The number of benzene rings is 2. The van der Waals surface area contributed by atoms with Crippen LogP contribution < -0.4 is 14.8 Å². The minimum Gasteiger partial charge on any atom is -0.493 e. The zero-order valence-electron chi connectivity index (χ0n) is 21.0. The molecule has 0 aliphatic carbocycles. The first-order valence-corrected chi connectivity index (χ1v) is 12.6. The molecule has 0 aliphatic heterocycles. The lowest BCUT2D eigenvalue weighted by Crippen LogP contribution is -2.29. The number of aromatic nitrogens is 1. The molecule has 1 heterocycles. The van der Waals surface area contributed by atoms with Gasteiger partial charge in [-0.05, 0) is 49.1 Å². The Kier molecular flexibility index (Phi) is 9.75. The first-order valence-electron chi connectivity index (χ1n) is 12.6. The molecule has 5 heteroatoms. The third-order valence-electron chi connectivity index (χ3n) is 6.27. The summed E-state index contributed by atoms with van der Waals surface area (Å²) in [5.41, 5.74) is 3.06. The first kappa shape index (κ1) is 25.5. The van der Waals surface area contributed by atoms with Gasteiger partial charge in [0.2, 0.25) is 0 Å². The van der Waals surface area contributed by atoms with E-state index in [0.29, 0.717) is 30.4 Å². The van der Waals surface area contributed by atoms with Gasteiger partial charge < -0.3 is 14.8 Å². The molecule has 3 rings (SSSR count). The van der Waals surface area contributed by atoms with Gasteiger partial charge in [-0.3, -0.25) is 4.79 Å². The van der Waals surface area contributed by atoms with Crippen LogP contribution in [0.1, 0.15) is 69.7 Å². The summed E-state index contributed by atoms with van der Waals surface area (Å²) in [5.74, 6) is 1.83. The molecule has 0 radical (unpaired) electrons. The Morgan fingerprint density at radius 3 is 2.53 bits per heavy atom. The number of carbonyl (C=O) groups is 1. The number of nitrogens with one attached hydrogen (secondary N) is 1. The van der Waals surface area contributed by atoms with Crippen LogP contribution in [0.4, 0.5) is 0 Å². The number of methoxy groups -OCH3 is 1. The van der Waals surface area contributed by atoms with Crippen LogP contribution >= 0.6 is 0 Å². The predicted molar refractivity (Wildman–Crippen MR) is 140 cm³/mol. The highest BCUT2D eigenvalue weighted by atomic mass is 16.5. The maximum atomic E-state index is 13.3. The van der Waals surface area contributed by atoms with E-state index in [1.807, 2.05) is 48.5 Å². The molecule has 34 heavy (non-hydrogen) atoms. The van der Waals surface area contributed by atoms with Crippen LogP contribution in [-0.2, 0) is 0 Å². The summed E-state index contributed by atoms with van der Waals surface area (Å²) >= 11 is 0. The standard InChI is InChI=1S/C29H38N2O3/c1-5-8-12-21(7-3)20-30-29(32)24-19-26(31-25-14-11-10-13-23(24)25)22-15-16-27(28(18-22)33-4)34-17-9-6-2/h10-11,13-16,18-19,21H,5-9,12,17,20H2,1-4H3,(H,30,32). The molecule has 1 aromatic heterocycles. The Morgan fingerprint density at radius 1 is 1.00 bits per heavy atom. The van der Waals surface area contributed by atoms with Crippen LogP contribution in [0.5, 0.6) is 11.5 Å². The van der Waals surface area contributed by atoms with E-state index >= 15 is 0 Å². The van der Waals surface area contributed by atoms with E-state index in [0.717, 1.165) is 53.6 Å². The highest BCUT2D eigenvalue weighted by Gasteiger charge is 2.16. The monoisotopic (exact) mass is 462 g/mol. The fourth-order valence-corrected chi connectivity index (χ4v) is 4.06. The molecule has 3 aromatic rings.